The van der Waals surface area contributed by atoms with Crippen molar-refractivity contribution in [3.8, 4) is 5.69 Å². The number of benzene rings is 1. The minimum Gasteiger partial charge on any atom is -0.382 e. The van der Waals surface area contributed by atoms with Crippen LogP contribution in [-0.2, 0) is 0 Å². The Morgan fingerprint density at radius 3 is 2.67 bits per heavy atom. The van der Waals surface area contributed by atoms with Gasteiger partial charge in [0.2, 0.25) is 0 Å². The predicted molar refractivity (Wildman–Crippen MR) is 90.0 cm³/mol. The highest BCUT2D eigenvalue weighted by Crippen LogP contribution is 2.34. The molecule has 0 saturated heterocycles. The van der Waals surface area contributed by atoms with Crippen molar-refractivity contribution in [3.63, 3.8) is 0 Å². The highest BCUT2D eigenvalue weighted by atomic mass is 15.0. The molecule has 1 unspecified atom stereocenters. The summed E-state index contributed by atoms with van der Waals surface area (Å²) in [7, 11) is 0. The van der Waals surface area contributed by atoms with Crippen molar-refractivity contribution in [3.05, 3.63) is 48.8 Å². The largest absolute Gasteiger partial charge is 0.382 e. The van der Waals surface area contributed by atoms with Crippen LogP contribution in [0.5, 0.6) is 0 Å². The van der Waals surface area contributed by atoms with Gasteiger partial charge < -0.3 is 9.88 Å². The van der Waals surface area contributed by atoms with Crippen LogP contribution < -0.4 is 5.32 Å². The van der Waals surface area contributed by atoms with E-state index in [1.807, 2.05) is 0 Å². The third kappa shape index (κ3) is 3.69. The van der Waals surface area contributed by atoms with E-state index in [1.165, 1.54) is 43.5 Å². The zero-order valence-electron chi connectivity index (χ0n) is 13.2. The molecule has 2 heteroatoms. The molecule has 1 aromatic heterocycles. The lowest BCUT2D eigenvalue weighted by Gasteiger charge is -2.22. The van der Waals surface area contributed by atoms with E-state index in [2.05, 4.69) is 72.5 Å². The van der Waals surface area contributed by atoms with Crippen LogP contribution in [0.25, 0.3) is 5.69 Å². The van der Waals surface area contributed by atoms with Gasteiger partial charge in [0.05, 0.1) is 0 Å². The quantitative estimate of drug-likeness (QED) is 0.761. The summed E-state index contributed by atoms with van der Waals surface area (Å²) in [6.07, 6.45) is 10.8. The summed E-state index contributed by atoms with van der Waals surface area (Å²) >= 11 is 0. The lowest BCUT2D eigenvalue weighted by atomic mass is 9.85. The fourth-order valence-electron chi connectivity index (χ4n) is 3.30. The SMILES string of the molecule is CC1(C)CCCC(Nc2cccc(-n3cccc3)c2)CC1. The topological polar surface area (TPSA) is 17.0 Å². The average molecular weight is 282 g/mol. The molecule has 1 saturated carbocycles. The Balaban J connectivity index is 1.69. The van der Waals surface area contributed by atoms with Crippen molar-refractivity contribution in [2.45, 2.75) is 52.0 Å². The first-order valence-corrected chi connectivity index (χ1v) is 8.12. The maximum absolute atomic E-state index is 3.75. The summed E-state index contributed by atoms with van der Waals surface area (Å²) in [5.74, 6) is 0. The molecule has 1 atom stereocenters. The van der Waals surface area contributed by atoms with E-state index in [-0.39, 0.29) is 0 Å². The number of anilines is 1. The van der Waals surface area contributed by atoms with Crippen molar-refractivity contribution < 1.29 is 0 Å². The Bertz CT molecular complexity index is 569. The van der Waals surface area contributed by atoms with Gasteiger partial charge in [-0.05, 0) is 61.4 Å². The van der Waals surface area contributed by atoms with Gasteiger partial charge in [0.15, 0.2) is 0 Å². The van der Waals surface area contributed by atoms with Gasteiger partial charge in [-0.15, -0.1) is 0 Å². The second-order valence-corrected chi connectivity index (χ2v) is 7.08. The molecule has 0 bridgehead atoms. The number of nitrogens with zero attached hydrogens (tertiary/aromatic N) is 1. The lowest BCUT2D eigenvalue weighted by Crippen LogP contribution is -2.19. The van der Waals surface area contributed by atoms with Crippen molar-refractivity contribution >= 4 is 5.69 Å². The molecule has 0 amide bonds. The van der Waals surface area contributed by atoms with E-state index in [1.54, 1.807) is 0 Å². The third-order valence-electron chi connectivity index (χ3n) is 4.70. The number of rotatable bonds is 3. The number of hydrogen-bond donors (Lipinski definition) is 1. The van der Waals surface area contributed by atoms with E-state index in [4.69, 9.17) is 0 Å². The van der Waals surface area contributed by atoms with Crippen LogP contribution in [0.3, 0.4) is 0 Å². The molecular formula is C19H26N2. The monoisotopic (exact) mass is 282 g/mol. The van der Waals surface area contributed by atoms with Gasteiger partial charge in [0.1, 0.15) is 0 Å². The molecule has 1 N–H and O–H groups in total. The third-order valence-corrected chi connectivity index (χ3v) is 4.70. The van der Waals surface area contributed by atoms with E-state index in [0.29, 0.717) is 11.5 Å². The van der Waals surface area contributed by atoms with Crippen LogP contribution in [-0.4, -0.2) is 10.6 Å². The predicted octanol–water partition coefficient (Wildman–Crippen LogP) is 5.25. The molecule has 0 spiro atoms. The fourth-order valence-corrected chi connectivity index (χ4v) is 3.30. The van der Waals surface area contributed by atoms with Crippen molar-refractivity contribution in [1.29, 1.82) is 0 Å². The molecule has 1 aliphatic carbocycles. The van der Waals surface area contributed by atoms with Crippen LogP contribution >= 0.6 is 0 Å². The summed E-state index contributed by atoms with van der Waals surface area (Å²) in [4.78, 5) is 0. The molecule has 0 radical (unpaired) electrons. The van der Waals surface area contributed by atoms with Crippen molar-refractivity contribution in [2.24, 2.45) is 5.41 Å². The molecule has 1 aromatic carbocycles. The average Bonchev–Trinajstić information content (AvgIpc) is 2.93. The molecule has 1 heterocycles. The van der Waals surface area contributed by atoms with Gasteiger partial charge in [-0.3, -0.25) is 0 Å². The number of nitrogens with one attached hydrogen (secondary N) is 1. The van der Waals surface area contributed by atoms with Crippen LogP contribution in [0.15, 0.2) is 48.8 Å². The first-order chi connectivity index (χ1) is 10.1. The van der Waals surface area contributed by atoms with Crippen molar-refractivity contribution in [1.82, 2.24) is 4.57 Å². The zero-order valence-corrected chi connectivity index (χ0v) is 13.2. The summed E-state index contributed by atoms with van der Waals surface area (Å²) < 4.78 is 2.15. The number of aromatic nitrogens is 1. The second kappa shape index (κ2) is 5.97. The van der Waals surface area contributed by atoms with Crippen LogP contribution in [0.2, 0.25) is 0 Å². The summed E-state index contributed by atoms with van der Waals surface area (Å²) in [6.45, 7) is 4.81. The van der Waals surface area contributed by atoms with Gasteiger partial charge in [0.25, 0.3) is 0 Å². The van der Waals surface area contributed by atoms with Gasteiger partial charge in [-0.1, -0.05) is 26.3 Å². The first kappa shape index (κ1) is 14.2. The standard InChI is InChI=1S/C19H26N2/c1-19(2)11-6-8-16(10-12-19)20-17-7-5-9-18(15-17)21-13-3-4-14-21/h3-5,7,9,13-16,20H,6,8,10-12H2,1-2H3. The van der Waals surface area contributed by atoms with E-state index >= 15 is 0 Å². The van der Waals surface area contributed by atoms with E-state index < -0.39 is 0 Å². The molecule has 0 aliphatic heterocycles. The highest BCUT2D eigenvalue weighted by Gasteiger charge is 2.24. The van der Waals surface area contributed by atoms with Crippen LogP contribution in [0, 0.1) is 5.41 Å². The van der Waals surface area contributed by atoms with E-state index in [9.17, 15) is 0 Å². The molecular weight excluding hydrogens is 256 g/mol. The minimum atomic E-state index is 0.517. The molecule has 2 nitrogen and oxygen atoms in total. The molecule has 1 fully saturated rings. The van der Waals surface area contributed by atoms with Gasteiger partial charge in [-0.25, -0.2) is 0 Å². The Hall–Kier alpha value is -1.70. The Morgan fingerprint density at radius 1 is 1.05 bits per heavy atom. The van der Waals surface area contributed by atoms with Gasteiger partial charge in [0, 0.05) is 29.8 Å². The van der Waals surface area contributed by atoms with Crippen LogP contribution in [0.1, 0.15) is 46.0 Å². The smallest absolute Gasteiger partial charge is 0.0469 e. The van der Waals surface area contributed by atoms with Gasteiger partial charge >= 0.3 is 0 Å². The van der Waals surface area contributed by atoms with Crippen LogP contribution in [0.4, 0.5) is 5.69 Å². The summed E-state index contributed by atoms with van der Waals surface area (Å²) in [5, 5.41) is 3.75. The molecule has 112 valence electrons. The lowest BCUT2D eigenvalue weighted by molar-refractivity contribution is 0.313. The summed E-state index contributed by atoms with van der Waals surface area (Å²) in [6, 6.07) is 13.5. The second-order valence-electron chi connectivity index (χ2n) is 7.08. The molecule has 3 rings (SSSR count). The Morgan fingerprint density at radius 2 is 1.86 bits per heavy atom. The normalized spacial score (nSPS) is 21.7. The Labute approximate surface area is 128 Å². The Kier molecular flexibility index (Phi) is 4.05. The molecule has 21 heavy (non-hydrogen) atoms. The van der Waals surface area contributed by atoms with Gasteiger partial charge in [-0.2, -0.15) is 0 Å². The highest BCUT2D eigenvalue weighted by molar-refractivity contribution is 5.51. The first-order valence-electron chi connectivity index (χ1n) is 8.12. The van der Waals surface area contributed by atoms with Crippen molar-refractivity contribution in [2.75, 3.05) is 5.32 Å². The zero-order chi connectivity index (χ0) is 14.7. The van der Waals surface area contributed by atoms with E-state index in [0.717, 1.165) is 0 Å². The fraction of sp³-hybridized carbons (Fsp3) is 0.474. The minimum absolute atomic E-state index is 0.517. The number of hydrogen-bond acceptors (Lipinski definition) is 1. The maximum atomic E-state index is 3.75. The molecule has 1 aliphatic rings. The summed E-state index contributed by atoms with van der Waals surface area (Å²) in [5.41, 5.74) is 2.98. The maximum Gasteiger partial charge on any atom is 0.0469 e. The molecule has 2 aromatic rings.